The topological polar surface area (TPSA) is 92.8 Å². The number of hydrogen-bond donors (Lipinski definition) is 1. The van der Waals surface area contributed by atoms with Crippen molar-refractivity contribution in [2.75, 3.05) is 20.2 Å². The van der Waals surface area contributed by atoms with Crippen LogP contribution in [0.2, 0.25) is 0 Å². The van der Waals surface area contributed by atoms with Crippen LogP contribution in [0.4, 0.5) is 0 Å². The summed E-state index contributed by atoms with van der Waals surface area (Å²) in [5, 5.41) is 0. The number of hydrogen-bond acceptors (Lipinski definition) is 5. The van der Waals surface area contributed by atoms with Gasteiger partial charge >= 0.3 is 0 Å². The number of benzene rings is 1. The van der Waals surface area contributed by atoms with Crippen LogP contribution in [-0.2, 0) is 30.7 Å². The first-order chi connectivity index (χ1) is 13.6. The molecule has 8 heteroatoms. The second-order valence-electron chi connectivity index (χ2n) is 8.03. The predicted molar refractivity (Wildman–Crippen MR) is 111 cm³/mol. The monoisotopic (exact) mass is 424 g/mol. The van der Waals surface area contributed by atoms with E-state index >= 15 is 0 Å². The highest BCUT2D eigenvalue weighted by molar-refractivity contribution is 7.93. The van der Waals surface area contributed by atoms with Crippen LogP contribution in [0, 0.1) is 5.92 Å². The summed E-state index contributed by atoms with van der Waals surface area (Å²) in [7, 11) is -2.61. The number of rotatable bonds is 8. The van der Waals surface area contributed by atoms with Gasteiger partial charge in [-0.3, -0.25) is 14.4 Å². The summed E-state index contributed by atoms with van der Waals surface area (Å²) >= 11 is 0. The third-order valence-corrected chi connectivity index (χ3v) is 8.08. The van der Waals surface area contributed by atoms with Crippen LogP contribution >= 0.6 is 0 Å². The summed E-state index contributed by atoms with van der Waals surface area (Å²) in [6.45, 7) is 6.26. The number of aryl methyl sites for hydroxylation is 1. The van der Waals surface area contributed by atoms with E-state index in [1.807, 2.05) is 11.8 Å². The number of hydroxylamine groups is 1. The molecule has 1 aromatic carbocycles. The fraction of sp³-hybridized carbons (Fsp3) is 0.619. The molecule has 1 saturated heterocycles. The van der Waals surface area contributed by atoms with Gasteiger partial charge in [0.1, 0.15) is 0 Å². The Morgan fingerprint density at radius 3 is 2.48 bits per heavy atom. The Kier molecular flexibility index (Phi) is 7.82. The molecule has 0 spiro atoms. The molecule has 29 heavy (non-hydrogen) atoms. The third kappa shape index (κ3) is 5.36. The van der Waals surface area contributed by atoms with Gasteiger partial charge in [0.2, 0.25) is 5.91 Å². The Balaban J connectivity index is 2.01. The van der Waals surface area contributed by atoms with E-state index in [0.29, 0.717) is 12.3 Å². The summed E-state index contributed by atoms with van der Waals surface area (Å²) in [5.74, 6) is -0.0312. The molecular formula is C21H32N2O5S. The van der Waals surface area contributed by atoms with Gasteiger partial charge in [-0.05, 0) is 63.1 Å². The molecule has 1 aliphatic rings. The van der Waals surface area contributed by atoms with Gasteiger partial charge in [-0.25, -0.2) is 13.9 Å². The van der Waals surface area contributed by atoms with Crippen LogP contribution in [0.15, 0.2) is 29.2 Å². The van der Waals surface area contributed by atoms with Gasteiger partial charge in [-0.15, -0.1) is 0 Å². The summed E-state index contributed by atoms with van der Waals surface area (Å²) in [5.41, 5.74) is 3.14. The van der Waals surface area contributed by atoms with E-state index in [4.69, 9.17) is 0 Å². The summed E-state index contributed by atoms with van der Waals surface area (Å²) in [4.78, 5) is 30.6. The number of carbonyl (C=O) groups is 2. The highest BCUT2D eigenvalue weighted by atomic mass is 32.2. The standard InChI is InChI=1S/C21H32N2O5S/c1-5-19(24)23-14-6-7-17(15-23)9-8-16-10-12-18(13-11-16)29(26,27)21(2,3)20(25)22-28-4/h10-13,17H,5-9,14-15H2,1-4H3,(H,22,25). The molecule has 0 radical (unpaired) electrons. The maximum atomic E-state index is 12.9. The van der Waals surface area contributed by atoms with Gasteiger partial charge in [-0.1, -0.05) is 19.1 Å². The average Bonchev–Trinajstić information content (AvgIpc) is 2.72. The van der Waals surface area contributed by atoms with Crippen LogP contribution in [-0.4, -0.2) is 50.1 Å². The molecule has 0 saturated carbocycles. The van der Waals surface area contributed by atoms with Crippen LogP contribution in [0.5, 0.6) is 0 Å². The molecule has 1 aliphatic heterocycles. The lowest BCUT2D eigenvalue weighted by molar-refractivity contribution is -0.133. The van der Waals surface area contributed by atoms with E-state index in [2.05, 4.69) is 10.3 Å². The second-order valence-corrected chi connectivity index (χ2v) is 10.5. The Morgan fingerprint density at radius 2 is 1.90 bits per heavy atom. The zero-order chi connectivity index (χ0) is 21.7. The Bertz CT molecular complexity index is 818. The number of carbonyl (C=O) groups excluding carboxylic acids is 2. The summed E-state index contributed by atoms with van der Waals surface area (Å²) < 4.78 is 24.1. The fourth-order valence-electron chi connectivity index (χ4n) is 3.59. The van der Waals surface area contributed by atoms with Gasteiger partial charge in [0.15, 0.2) is 14.6 Å². The van der Waals surface area contributed by atoms with Crippen LogP contribution in [0.1, 0.15) is 52.0 Å². The van der Waals surface area contributed by atoms with Crippen molar-refractivity contribution in [3.05, 3.63) is 29.8 Å². The first-order valence-corrected chi connectivity index (χ1v) is 11.6. The molecule has 0 bridgehead atoms. The zero-order valence-electron chi connectivity index (χ0n) is 17.7. The number of piperidine rings is 1. The fourth-order valence-corrected chi connectivity index (χ4v) is 4.96. The minimum absolute atomic E-state index is 0.106. The van der Waals surface area contributed by atoms with Gasteiger partial charge in [-0.2, -0.15) is 0 Å². The van der Waals surface area contributed by atoms with Crippen molar-refractivity contribution in [2.24, 2.45) is 5.92 Å². The molecule has 7 nitrogen and oxygen atoms in total. The molecule has 162 valence electrons. The van der Waals surface area contributed by atoms with Gasteiger partial charge in [0, 0.05) is 19.5 Å². The van der Waals surface area contributed by atoms with Gasteiger partial charge < -0.3 is 4.90 Å². The van der Waals surface area contributed by atoms with E-state index in [-0.39, 0.29) is 10.8 Å². The highest BCUT2D eigenvalue weighted by Gasteiger charge is 2.43. The SMILES string of the molecule is CCC(=O)N1CCCC(CCc2ccc(S(=O)(=O)C(C)(C)C(=O)NOC)cc2)C1. The van der Waals surface area contributed by atoms with Crippen molar-refractivity contribution in [1.29, 1.82) is 0 Å². The molecular weight excluding hydrogens is 392 g/mol. The van der Waals surface area contributed by atoms with E-state index < -0.39 is 20.5 Å². The normalized spacial score (nSPS) is 17.8. The first kappa shape index (κ1) is 23.3. The Hall–Kier alpha value is -1.93. The van der Waals surface area contributed by atoms with Crippen molar-refractivity contribution in [1.82, 2.24) is 10.4 Å². The van der Waals surface area contributed by atoms with Gasteiger partial charge in [0.25, 0.3) is 5.91 Å². The number of amides is 2. The molecule has 1 unspecified atom stereocenters. The third-order valence-electron chi connectivity index (χ3n) is 5.66. The molecule has 1 heterocycles. The predicted octanol–water partition coefficient (Wildman–Crippen LogP) is 2.50. The number of likely N-dealkylation sites (tertiary alicyclic amines) is 1. The largest absolute Gasteiger partial charge is 0.342 e. The van der Waals surface area contributed by atoms with Crippen molar-refractivity contribution in [3.8, 4) is 0 Å². The minimum atomic E-state index is -3.87. The summed E-state index contributed by atoms with van der Waals surface area (Å²) in [6.07, 6.45) is 4.48. The maximum Gasteiger partial charge on any atom is 0.264 e. The highest BCUT2D eigenvalue weighted by Crippen LogP contribution is 2.27. The first-order valence-electron chi connectivity index (χ1n) is 10.1. The molecule has 1 fully saturated rings. The smallest absolute Gasteiger partial charge is 0.264 e. The molecule has 2 rings (SSSR count). The van der Waals surface area contributed by atoms with Gasteiger partial charge in [0.05, 0.1) is 12.0 Å². The van der Waals surface area contributed by atoms with Crippen molar-refractivity contribution in [2.45, 2.75) is 62.5 Å². The van der Waals surface area contributed by atoms with E-state index in [1.54, 1.807) is 24.3 Å². The van der Waals surface area contributed by atoms with Crippen molar-refractivity contribution in [3.63, 3.8) is 0 Å². The molecule has 2 amide bonds. The van der Waals surface area contributed by atoms with Crippen LogP contribution in [0.25, 0.3) is 0 Å². The van der Waals surface area contributed by atoms with Crippen LogP contribution in [0.3, 0.4) is 0 Å². The molecule has 1 N–H and O–H groups in total. The second kappa shape index (κ2) is 9.71. The zero-order valence-corrected chi connectivity index (χ0v) is 18.5. The quantitative estimate of drug-likeness (QED) is 0.647. The Labute approximate surface area is 173 Å². The molecule has 1 aromatic rings. The minimum Gasteiger partial charge on any atom is -0.342 e. The van der Waals surface area contributed by atoms with Crippen LogP contribution < -0.4 is 5.48 Å². The van der Waals surface area contributed by atoms with E-state index in [1.165, 1.54) is 21.0 Å². The molecule has 0 aliphatic carbocycles. The number of nitrogens with one attached hydrogen (secondary N) is 1. The number of nitrogens with zero attached hydrogens (tertiary/aromatic N) is 1. The molecule has 0 aromatic heterocycles. The lowest BCUT2D eigenvalue weighted by Crippen LogP contribution is -2.47. The molecule has 1 atom stereocenters. The lowest BCUT2D eigenvalue weighted by atomic mass is 9.91. The maximum absolute atomic E-state index is 12.9. The number of sulfone groups is 1. The van der Waals surface area contributed by atoms with Crippen molar-refractivity contribution < 1.29 is 22.8 Å². The van der Waals surface area contributed by atoms with Crippen molar-refractivity contribution >= 4 is 21.7 Å². The van der Waals surface area contributed by atoms with E-state index in [9.17, 15) is 18.0 Å². The van der Waals surface area contributed by atoms with E-state index in [0.717, 1.165) is 44.3 Å². The lowest BCUT2D eigenvalue weighted by Gasteiger charge is -2.32. The average molecular weight is 425 g/mol. The summed E-state index contributed by atoms with van der Waals surface area (Å²) in [6, 6.07) is 6.71. The Morgan fingerprint density at radius 1 is 1.24 bits per heavy atom.